The van der Waals surface area contributed by atoms with Gasteiger partial charge in [0.25, 0.3) is 0 Å². The van der Waals surface area contributed by atoms with Gasteiger partial charge in [0.15, 0.2) is 0 Å². The van der Waals surface area contributed by atoms with Crippen molar-refractivity contribution >= 4 is 34.0 Å². The van der Waals surface area contributed by atoms with Gasteiger partial charge in [-0.3, -0.25) is 0 Å². The van der Waals surface area contributed by atoms with Gasteiger partial charge in [-0.25, -0.2) is 8.42 Å². The van der Waals surface area contributed by atoms with Crippen LogP contribution in [0.25, 0.3) is 0 Å². The third-order valence-corrected chi connectivity index (χ3v) is 7.47. The average Bonchev–Trinajstić information content (AvgIpc) is 3.37. The Kier molecular flexibility index (Phi) is 7.19. The van der Waals surface area contributed by atoms with E-state index in [9.17, 15) is 8.42 Å². The van der Waals surface area contributed by atoms with E-state index >= 15 is 0 Å². The number of piperidine rings is 1. The number of sulfonamides is 1. The van der Waals surface area contributed by atoms with Crippen molar-refractivity contribution in [3.8, 4) is 0 Å². The molecule has 0 spiro atoms. The molecule has 0 atom stereocenters. The van der Waals surface area contributed by atoms with E-state index < -0.39 is 10.0 Å². The van der Waals surface area contributed by atoms with Gasteiger partial charge in [-0.15, -0.1) is 12.4 Å². The number of rotatable bonds is 6. The fourth-order valence-corrected chi connectivity index (χ4v) is 5.15. The third kappa shape index (κ3) is 5.10. The zero-order valence-electron chi connectivity index (χ0n) is 14.9. The summed E-state index contributed by atoms with van der Waals surface area (Å²) >= 11 is 6.21. The van der Waals surface area contributed by atoms with Crippen molar-refractivity contribution in [2.24, 2.45) is 5.92 Å². The molecule has 2 aliphatic rings. The van der Waals surface area contributed by atoms with E-state index in [-0.39, 0.29) is 23.2 Å². The number of nitrogens with zero attached hydrogens (tertiary/aromatic N) is 1. The lowest BCUT2D eigenvalue weighted by atomic mass is 10.0. The molecule has 4 nitrogen and oxygen atoms in total. The van der Waals surface area contributed by atoms with Gasteiger partial charge in [-0.1, -0.05) is 31.5 Å². The monoisotopic (exact) mass is 406 g/mol. The molecule has 1 aromatic rings. The van der Waals surface area contributed by atoms with E-state index in [1.165, 1.54) is 12.8 Å². The summed E-state index contributed by atoms with van der Waals surface area (Å²) in [7, 11) is -3.52. The summed E-state index contributed by atoms with van der Waals surface area (Å²) in [6.45, 7) is 6.31. The van der Waals surface area contributed by atoms with Crippen molar-refractivity contribution in [1.29, 1.82) is 0 Å². The lowest BCUT2D eigenvalue weighted by Gasteiger charge is -2.32. The van der Waals surface area contributed by atoms with Gasteiger partial charge in [-0.05, 0) is 61.8 Å². The quantitative estimate of drug-likeness (QED) is 0.775. The molecule has 0 amide bonds. The molecule has 25 heavy (non-hydrogen) atoms. The second-order valence-corrected chi connectivity index (χ2v) is 9.69. The Morgan fingerprint density at radius 2 is 1.84 bits per heavy atom. The topological polar surface area (TPSA) is 49.4 Å². The molecule has 0 aromatic heterocycles. The minimum Gasteiger partial charge on any atom is -0.314 e. The summed E-state index contributed by atoms with van der Waals surface area (Å²) in [5.74, 6) is 1.12. The summed E-state index contributed by atoms with van der Waals surface area (Å²) in [5, 5.41) is 3.90. The molecule has 1 aliphatic heterocycles. The van der Waals surface area contributed by atoms with Crippen LogP contribution in [0.15, 0.2) is 23.1 Å². The highest BCUT2D eigenvalue weighted by molar-refractivity contribution is 7.89. The highest BCUT2D eigenvalue weighted by Crippen LogP contribution is 2.31. The maximum Gasteiger partial charge on any atom is 0.244 e. The molecular weight excluding hydrogens is 379 g/mol. The number of halogens is 2. The van der Waals surface area contributed by atoms with Crippen LogP contribution in [-0.4, -0.2) is 38.4 Å². The molecular formula is C18H28Cl2N2O2S. The molecule has 1 aliphatic carbocycles. The fourth-order valence-electron chi connectivity index (χ4n) is 3.17. The predicted molar refractivity (Wildman–Crippen MR) is 105 cm³/mol. The summed E-state index contributed by atoms with van der Waals surface area (Å²) in [6.07, 6.45) is 4.41. The van der Waals surface area contributed by atoms with Crippen LogP contribution in [0.4, 0.5) is 0 Å². The molecule has 1 aromatic carbocycles. The lowest BCUT2D eigenvalue weighted by molar-refractivity contribution is 0.288. The Hall–Kier alpha value is -0.330. The van der Waals surface area contributed by atoms with Crippen molar-refractivity contribution in [3.05, 3.63) is 28.8 Å². The SMILES string of the molecule is CC(C)c1ccc(Cl)c(S(=O)(=O)N2CCC(NCC3CC3)CC2)c1.Cl. The summed E-state index contributed by atoms with van der Waals surface area (Å²) in [5.41, 5.74) is 0.999. The molecule has 1 saturated carbocycles. The summed E-state index contributed by atoms with van der Waals surface area (Å²) < 4.78 is 27.6. The first-order valence-electron chi connectivity index (χ1n) is 8.91. The Balaban J connectivity index is 0.00000225. The van der Waals surface area contributed by atoms with Crippen LogP contribution < -0.4 is 5.32 Å². The van der Waals surface area contributed by atoms with Crippen LogP contribution >= 0.6 is 24.0 Å². The van der Waals surface area contributed by atoms with Crippen LogP contribution in [0.5, 0.6) is 0 Å². The standard InChI is InChI=1S/C18H27ClN2O2S.ClH/c1-13(2)15-5-6-17(19)18(11-15)24(22,23)21-9-7-16(8-10-21)20-12-14-3-4-14;/h5-6,11,13-14,16,20H,3-4,7-10,12H2,1-2H3;1H. The highest BCUT2D eigenvalue weighted by Gasteiger charge is 2.31. The van der Waals surface area contributed by atoms with Gasteiger partial charge in [-0.2, -0.15) is 4.31 Å². The van der Waals surface area contributed by atoms with Crippen molar-refractivity contribution < 1.29 is 8.42 Å². The van der Waals surface area contributed by atoms with Gasteiger partial charge in [0.1, 0.15) is 4.90 Å². The molecule has 0 radical (unpaired) electrons. The maximum absolute atomic E-state index is 13.0. The minimum atomic E-state index is -3.52. The molecule has 1 saturated heterocycles. The zero-order chi connectivity index (χ0) is 17.3. The van der Waals surface area contributed by atoms with Gasteiger partial charge < -0.3 is 5.32 Å². The number of hydrogen-bond donors (Lipinski definition) is 1. The fraction of sp³-hybridized carbons (Fsp3) is 0.667. The largest absolute Gasteiger partial charge is 0.314 e. The van der Waals surface area contributed by atoms with Crippen molar-refractivity contribution in [3.63, 3.8) is 0 Å². The van der Waals surface area contributed by atoms with Gasteiger partial charge >= 0.3 is 0 Å². The van der Waals surface area contributed by atoms with Crippen LogP contribution in [0.3, 0.4) is 0 Å². The molecule has 142 valence electrons. The first-order chi connectivity index (χ1) is 11.4. The second kappa shape index (κ2) is 8.57. The minimum absolute atomic E-state index is 0. The number of hydrogen-bond acceptors (Lipinski definition) is 3. The molecule has 1 heterocycles. The van der Waals surface area contributed by atoms with E-state index in [4.69, 9.17) is 11.6 Å². The maximum atomic E-state index is 13.0. The summed E-state index contributed by atoms with van der Waals surface area (Å²) in [4.78, 5) is 0.250. The first-order valence-corrected chi connectivity index (χ1v) is 10.7. The number of benzene rings is 1. The Morgan fingerprint density at radius 1 is 1.20 bits per heavy atom. The molecule has 2 fully saturated rings. The Labute approximate surface area is 162 Å². The first kappa shape index (κ1) is 21.0. The van der Waals surface area contributed by atoms with Crippen LogP contribution in [0.1, 0.15) is 51.0 Å². The van der Waals surface area contributed by atoms with Crippen LogP contribution in [-0.2, 0) is 10.0 Å². The van der Waals surface area contributed by atoms with Gasteiger partial charge in [0.2, 0.25) is 10.0 Å². The molecule has 0 unspecified atom stereocenters. The van der Waals surface area contributed by atoms with E-state index in [0.717, 1.165) is 30.9 Å². The van der Waals surface area contributed by atoms with Gasteiger partial charge in [0, 0.05) is 19.1 Å². The van der Waals surface area contributed by atoms with Gasteiger partial charge in [0.05, 0.1) is 5.02 Å². The van der Waals surface area contributed by atoms with Crippen molar-refractivity contribution in [1.82, 2.24) is 9.62 Å². The zero-order valence-corrected chi connectivity index (χ0v) is 17.3. The average molecular weight is 407 g/mol. The van der Waals surface area contributed by atoms with E-state index in [1.807, 2.05) is 6.07 Å². The smallest absolute Gasteiger partial charge is 0.244 e. The highest BCUT2D eigenvalue weighted by atomic mass is 35.5. The van der Waals surface area contributed by atoms with E-state index in [2.05, 4.69) is 19.2 Å². The summed E-state index contributed by atoms with van der Waals surface area (Å²) in [6, 6.07) is 5.78. The van der Waals surface area contributed by atoms with Crippen molar-refractivity contribution in [2.45, 2.75) is 56.4 Å². The lowest BCUT2D eigenvalue weighted by Crippen LogP contribution is -2.45. The van der Waals surface area contributed by atoms with E-state index in [0.29, 0.717) is 24.2 Å². The van der Waals surface area contributed by atoms with Crippen LogP contribution in [0.2, 0.25) is 5.02 Å². The molecule has 0 bridgehead atoms. The van der Waals surface area contributed by atoms with Crippen molar-refractivity contribution in [2.75, 3.05) is 19.6 Å². The third-order valence-electron chi connectivity index (χ3n) is 5.09. The predicted octanol–water partition coefficient (Wildman–Crippen LogP) is 4.04. The molecule has 3 rings (SSSR count). The second-order valence-electron chi connectivity index (χ2n) is 7.37. The van der Waals surface area contributed by atoms with Crippen LogP contribution in [0, 0.1) is 5.92 Å². The Morgan fingerprint density at radius 3 is 2.40 bits per heavy atom. The molecule has 1 N–H and O–H groups in total. The normalized spacial score (nSPS) is 19.8. The van der Waals surface area contributed by atoms with E-state index in [1.54, 1.807) is 16.4 Å². The number of nitrogens with one attached hydrogen (secondary N) is 1. The Bertz CT molecular complexity index is 682. The molecule has 7 heteroatoms.